The molecule has 0 saturated carbocycles. The van der Waals surface area contributed by atoms with E-state index in [1.807, 2.05) is 31.4 Å². The Hall–Kier alpha value is -3.20. The number of aromatic nitrogens is 1. The second kappa shape index (κ2) is 9.35. The normalized spacial score (nSPS) is 11.2. The van der Waals surface area contributed by atoms with Crippen molar-refractivity contribution in [3.8, 4) is 11.3 Å². The zero-order valence-electron chi connectivity index (χ0n) is 17.8. The van der Waals surface area contributed by atoms with Crippen LogP contribution in [0.4, 0.5) is 10.8 Å². The summed E-state index contributed by atoms with van der Waals surface area (Å²) in [7, 11) is -3.90. The van der Waals surface area contributed by atoms with Crippen molar-refractivity contribution in [2.75, 3.05) is 10.0 Å². The van der Waals surface area contributed by atoms with Gasteiger partial charge in [0.25, 0.3) is 15.9 Å². The average molecular weight is 498 g/mol. The molecule has 1 aromatic heterocycles. The van der Waals surface area contributed by atoms with Crippen molar-refractivity contribution in [3.05, 3.63) is 93.8 Å². The zero-order chi connectivity index (χ0) is 23.6. The van der Waals surface area contributed by atoms with Gasteiger partial charge >= 0.3 is 0 Å². The van der Waals surface area contributed by atoms with E-state index < -0.39 is 15.9 Å². The van der Waals surface area contributed by atoms with Gasteiger partial charge in [-0.1, -0.05) is 41.4 Å². The van der Waals surface area contributed by atoms with E-state index in [1.54, 1.807) is 18.2 Å². The highest BCUT2D eigenvalue weighted by atomic mass is 35.5. The molecule has 0 atom stereocenters. The van der Waals surface area contributed by atoms with Crippen LogP contribution in [0.2, 0.25) is 5.02 Å². The van der Waals surface area contributed by atoms with Gasteiger partial charge in [0.15, 0.2) is 5.13 Å². The molecule has 168 valence electrons. The lowest BCUT2D eigenvalue weighted by Crippen LogP contribution is -2.18. The van der Waals surface area contributed by atoms with Gasteiger partial charge in [0.05, 0.1) is 21.8 Å². The molecule has 0 fully saturated rings. The highest BCUT2D eigenvalue weighted by Gasteiger charge is 2.19. The van der Waals surface area contributed by atoms with Gasteiger partial charge in [-0.2, -0.15) is 0 Å². The molecule has 3 aromatic carbocycles. The average Bonchev–Trinajstić information content (AvgIpc) is 3.24. The summed E-state index contributed by atoms with van der Waals surface area (Å²) in [5.74, 6) is -0.466. The van der Waals surface area contributed by atoms with Gasteiger partial charge in [0, 0.05) is 16.0 Å². The highest BCUT2D eigenvalue weighted by Crippen LogP contribution is 2.29. The van der Waals surface area contributed by atoms with Crippen molar-refractivity contribution in [1.82, 2.24) is 4.98 Å². The third kappa shape index (κ3) is 5.24. The lowest BCUT2D eigenvalue weighted by Gasteiger charge is -2.12. The smallest absolute Gasteiger partial charge is 0.261 e. The number of halogens is 1. The summed E-state index contributed by atoms with van der Waals surface area (Å²) in [4.78, 5) is 17.6. The van der Waals surface area contributed by atoms with Gasteiger partial charge in [0.2, 0.25) is 0 Å². The number of amides is 1. The molecule has 2 N–H and O–H groups in total. The Morgan fingerprint density at radius 1 is 1.00 bits per heavy atom. The summed E-state index contributed by atoms with van der Waals surface area (Å²) in [5.41, 5.74) is 4.33. The summed E-state index contributed by atoms with van der Waals surface area (Å²) in [6.07, 6.45) is 0. The predicted octanol–water partition coefficient (Wildman–Crippen LogP) is 6.13. The first kappa shape index (κ1) is 23.0. The Morgan fingerprint density at radius 2 is 1.73 bits per heavy atom. The minimum Gasteiger partial charge on any atom is -0.298 e. The van der Waals surface area contributed by atoms with Crippen LogP contribution in [0, 0.1) is 13.8 Å². The minimum absolute atomic E-state index is 0.0419. The molecular formula is C24H20ClN3O3S2. The van der Waals surface area contributed by atoms with Crippen LogP contribution in [0.1, 0.15) is 21.5 Å². The Labute approximate surface area is 201 Å². The number of benzene rings is 3. The molecule has 0 unspecified atom stereocenters. The van der Waals surface area contributed by atoms with E-state index in [1.165, 1.54) is 41.7 Å². The van der Waals surface area contributed by atoms with E-state index in [4.69, 9.17) is 11.6 Å². The lowest BCUT2D eigenvalue weighted by molar-refractivity contribution is 0.102. The molecule has 4 rings (SSSR count). The van der Waals surface area contributed by atoms with E-state index in [9.17, 15) is 13.2 Å². The van der Waals surface area contributed by atoms with Gasteiger partial charge in [-0.25, -0.2) is 13.4 Å². The second-order valence-electron chi connectivity index (χ2n) is 7.42. The number of rotatable bonds is 6. The number of carbonyl (C=O) groups is 1. The van der Waals surface area contributed by atoms with Crippen LogP contribution in [0.3, 0.4) is 0 Å². The van der Waals surface area contributed by atoms with Crippen LogP contribution in [-0.4, -0.2) is 19.3 Å². The third-order valence-electron chi connectivity index (χ3n) is 4.93. The van der Waals surface area contributed by atoms with Gasteiger partial charge in [-0.05, 0) is 61.9 Å². The standard InChI is InChI=1S/C24H20ClN3O3S2/c1-15-7-8-16(2)20(13-15)22-14-32-24(26-22)27-23(29)19-5-3-4-6-21(19)28-33(30,31)18-11-9-17(25)10-12-18/h3-14,28H,1-2H3,(H,26,27,29). The Bertz CT molecular complexity index is 1430. The van der Waals surface area contributed by atoms with Crippen LogP contribution in [-0.2, 0) is 10.0 Å². The molecule has 9 heteroatoms. The van der Waals surface area contributed by atoms with Crippen molar-refractivity contribution in [1.29, 1.82) is 0 Å². The maximum atomic E-state index is 13.0. The van der Waals surface area contributed by atoms with Crippen LogP contribution >= 0.6 is 22.9 Å². The van der Waals surface area contributed by atoms with Crippen molar-refractivity contribution in [3.63, 3.8) is 0 Å². The molecule has 0 bridgehead atoms. The fourth-order valence-electron chi connectivity index (χ4n) is 3.22. The monoisotopic (exact) mass is 497 g/mol. The van der Waals surface area contributed by atoms with Gasteiger partial charge in [0.1, 0.15) is 0 Å². The number of anilines is 2. The molecule has 0 aliphatic carbocycles. The Kier molecular flexibility index (Phi) is 6.51. The summed E-state index contributed by atoms with van der Waals surface area (Å²) >= 11 is 7.15. The first-order chi connectivity index (χ1) is 15.7. The molecular weight excluding hydrogens is 478 g/mol. The molecule has 0 aliphatic rings. The number of para-hydroxylation sites is 1. The first-order valence-electron chi connectivity index (χ1n) is 9.95. The molecule has 0 radical (unpaired) electrons. The summed E-state index contributed by atoms with van der Waals surface area (Å²) in [6, 6.07) is 18.3. The number of aryl methyl sites for hydroxylation is 2. The maximum Gasteiger partial charge on any atom is 0.261 e. The summed E-state index contributed by atoms with van der Waals surface area (Å²) in [6.45, 7) is 4.02. The molecule has 0 aliphatic heterocycles. The molecule has 4 aromatic rings. The Morgan fingerprint density at radius 3 is 2.48 bits per heavy atom. The summed E-state index contributed by atoms with van der Waals surface area (Å²) < 4.78 is 28.0. The SMILES string of the molecule is Cc1ccc(C)c(-c2csc(NC(=O)c3ccccc3NS(=O)(=O)c3ccc(Cl)cc3)n2)c1. The van der Waals surface area contributed by atoms with E-state index in [0.717, 1.165) is 22.4 Å². The predicted molar refractivity (Wildman–Crippen MR) is 134 cm³/mol. The molecule has 0 saturated heterocycles. The number of nitrogens with zero attached hydrogens (tertiary/aromatic N) is 1. The highest BCUT2D eigenvalue weighted by molar-refractivity contribution is 7.92. The number of hydrogen-bond acceptors (Lipinski definition) is 5. The zero-order valence-corrected chi connectivity index (χ0v) is 20.2. The number of sulfonamides is 1. The quantitative estimate of drug-likeness (QED) is 0.335. The second-order valence-corrected chi connectivity index (χ2v) is 10.4. The van der Waals surface area contributed by atoms with Crippen molar-refractivity contribution in [2.24, 2.45) is 0 Å². The fourth-order valence-corrected chi connectivity index (χ4v) is 5.13. The van der Waals surface area contributed by atoms with E-state index in [0.29, 0.717) is 10.2 Å². The van der Waals surface area contributed by atoms with Crippen molar-refractivity contribution < 1.29 is 13.2 Å². The first-order valence-corrected chi connectivity index (χ1v) is 12.7. The molecule has 0 spiro atoms. The van der Waals surface area contributed by atoms with Crippen LogP contribution in [0.15, 0.2) is 77.0 Å². The van der Waals surface area contributed by atoms with Crippen molar-refractivity contribution in [2.45, 2.75) is 18.7 Å². The topological polar surface area (TPSA) is 88.2 Å². The summed E-state index contributed by atoms with van der Waals surface area (Å²) in [5, 5.41) is 5.50. The third-order valence-corrected chi connectivity index (χ3v) is 7.32. The van der Waals surface area contributed by atoms with Crippen molar-refractivity contribution >= 4 is 49.7 Å². The largest absolute Gasteiger partial charge is 0.298 e. The van der Waals surface area contributed by atoms with Crippen LogP contribution < -0.4 is 10.0 Å². The van der Waals surface area contributed by atoms with E-state index in [2.05, 4.69) is 21.1 Å². The van der Waals surface area contributed by atoms with Gasteiger partial charge in [-0.3, -0.25) is 14.8 Å². The van der Waals surface area contributed by atoms with Gasteiger partial charge in [-0.15, -0.1) is 11.3 Å². The number of thiazole rings is 1. The van der Waals surface area contributed by atoms with Crippen LogP contribution in [0.5, 0.6) is 0 Å². The van der Waals surface area contributed by atoms with Gasteiger partial charge < -0.3 is 0 Å². The molecule has 33 heavy (non-hydrogen) atoms. The number of carbonyl (C=O) groups excluding carboxylic acids is 1. The number of hydrogen-bond donors (Lipinski definition) is 2. The molecule has 1 heterocycles. The Balaban J connectivity index is 1.56. The van der Waals surface area contributed by atoms with E-state index >= 15 is 0 Å². The van der Waals surface area contributed by atoms with Crippen LogP contribution in [0.25, 0.3) is 11.3 Å². The fraction of sp³-hybridized carbons (Fsp3) is 0.0833. The lowest BCUT2D eigenvalue weighted by atomic mass is 10.0. The molecule has 6 nitrogen and oxygen atoms in total. The van der Waals surface area contributed by atoms with E-state index in [-0.39, 0.29) is 16.1 Å². The minimum atomic E-state index is -3.90. The molecule has 1 amide bonds. The maximum absolute atomic E-state index is 13.0. The number of nitrogens with one attached hydrogen (secondary N) is 2.